The van der Waals surface area contributed by atoms with Crippen LogP contribution in [-0.4, -0.2) is 12.0 Å². The molecule has 0 amide bonds. The van der Waals surface area contributed by atoms with Crippen molar-refractivity contribution >= 4 is 26.8 Å². The first-order chi connectivity index (χ1) is 10.2. The number of nitrogens with one attached hydrogen (secondary N) is 1. The molecule has 21 heavy (non-hydrogen) atoms. The predicted octanol–water partition coefficient (Wildman–Crippen LogP) is 4.61. The van der Waals surface area contributed by atoms with Crippen LogP contribution < -0.4 is 5.32 Å². The lowest BCUT2D eigenvalue weighted by Crippen LogP contribution is -2.18. The Morgan fingerprint density at radius 2 is 1.95 bits per heavy atom. The quantitative estimate of drug-likeness (QED) is 0.752. The molecule has 3 heteroatoms. The Kier molecular flexibility index (Phi) is 4.04. The Morgan fingerprint density at radius 1 is 1.10 bits per heavy atom. The minimum Gasteiger partial charge on any atom is -0.309 e. The number of aromatic nitrogens is 1. The highest BCUT2D eigenvalue weighted by molar-refractivity contribution is 9.10. The Labute approximate surface area is 133 Å². The zero-order valence-corrected chi connectivity index (χ0v) is 13.7. The summed E-state index contributed by atoms with van der Waals surface area (Å²) in [6, 6.07) is 17.1. The summed E-state index contributed by atoms with van der Waals surface area (Å²) in [7, 11) is 1.99. The van der Waals surface area contributed by atoms with Gasteiger partial charge in [0.15, 0.2) is 0 Å². The number of hydrogen-bond donors (Lipinski definition) is 1. The van der Waals surface area contributed by atoms with Gasteiger partial charge in [0.25, 0.3) is 0 Å². The number of pyridine rings is 1. The van der Waals surface area contributed by atoms with Gasteiger partial charge >= 0.3 is 0 Å². The molecule has 106 valence electrons. The minimum absolute atomic E-state index is 0.144. The fourth-order valence-electron chi connectivity index (χ4n) is 2.65. The average Bonchev–Trinajstić information content (AvgIpc) is 2.51. The van der Waals surface area contributed by atoms with Gasteiger partial charge in [0.05, 0.1) is 11.6 Å². The summed E-state index contributed by atoms with van der Waals surface area (Å²) in [4.78, 5) is 4.45. The number of benzene rings is 2. The molecule has 1 heterocycles. The molecule has 3 aromatic rings. The molecule has 0 aliphatic rings. The number of rotatable bonds is 3. The highest BCUT2D eigenvalue weighted by atomic mass is 79.9. The van der Waals surface area contributed by atoms with Crippen molar-refractivity contribution in [3.8, 4) is 0 Å². The number of fused-ring (bicyclic) bond motifs is 1. The second-order valence-electron chi connectivity index (χ2n) is 5.20. The van der Waals surface area contributed by atoms with Crippen molar-refractivity contribution in [1.82, 2.24) is 10.3 Å². The van der Waals surface area contributed by atoms with E-state index in [4.69, 9.17) is 0 Å². The fourth-order valence-corrected chi connectivity index (χ4v) is 3.12. The van der Waals surface area contributed by atoms with E-state index in [1.54, 1.807) is 0 Å². The molecule has 0 aliphatic heterocycles. The lowest BCUT2D eigenvalue weighted by molar-refractivity contribution is 0.689. The van der Waals surface area contributed by atoms with Crippen LogP contribution in [0.2, 0.25) is 0 Å². The van der Waals surface area contributed by atoms with Crippen molar-refractivity contribution in [2.45, 2.75) is 13.0 Å². The van der Waals surface area contributed by atoms with Crippen molar-refractivity contribution in [3.63, 3.8) is 0 Å². The van der Waals surface area contributed by atoms with Crippen molar-refractivity contribution in [2.75, 3.05) is 7.05 Å². The van der Waals surface area contributed by atoms with Gasteiger partial charge in [-0.2, -0.15) is 0 Å². The van der Waals surface area contributed by atoms with E-state index in [1.165, 1.54) is 22.1 Å². The average molecular weight is 341 g/mol. The highest BCUT2D eigenvalue weighted by Gasteiger charge is 2.15. The zero-order valence-electron chi connectivity index (χ0n) is 12.1. The smallest absolute Gasteiger partial charge is 0.0705 e. The van der Waals surface area contributed by atoms with Gasteiger partial charge in [-0.05, 0) is 43.3 Å². The third-order valence-corrected chi connectivity index (χ3v) is 4.44. The highest BCUT2D eigenvalue weighted by Crippen LogP contribution is 2.30. The molecule has 3 rings (SSSR count). The summed E-state index contributed by atoms with van der Waals surface area (Å²) in [5.74, 6) is 0. The summed E-state index contributed by atoms with van der Waals surface area (Å²) in [5.41, 5.74) is 4.74. The number of halogens is 1. The Balaban J connectivity index is 2.11. The van der Waals surface area contributed by atoms with E-state index in [9.17, 15) is 0 Å². The van der Waals surface area contributed by atoms with Crippen LogP contribution in [0.3, 0.4) is 0 Å². The summed E-state index contributed by atoms with van der Waals surface area (Å²) in [5, 5.41) is 4.58. The lowest BCUT2D eigenvalue weighted by atomic mass is 9.96. The van der Waals surface area contributed by atoms with Gasteiger partial charge in [-0.1, -0.05) is 51.8 Å². The normalized spacial score (nSPS) is 12.5. The monoisotopic (exact) mass is 340 g/mol. The molecule has 0 saturated carbocycles. The molecule has 0 aliphatic carbocycles. The molecule has 0 spiro atoms. The molecular formula is C18H17BrN2. The Hall–Kier alpha value is -1.71. The molecule has 1 unspecified atom stereocenters. The van der Waals surface area contributed by atoms with Crippen molar-refractivity contribution in [2.24, 2.45) is 0 Å². The first-order valence-electron chi connectivity index (χ1n) is 6.97. The standard InChI is InChI=1S/C18H17BrN2/c1-12-5-8-16(19)15(10-12)18(20-2)14-7-6-13-4-3-9-21-17(13)11-14/h3-11,18,20H,1-2H3. The van der Waals surface area contributed by atoms with Crippen LogP contribution in [0.1, 0.15) is 22.7 Å². The van der Waals surface area contributed by atoms with E-state index in [0.29, 0.717) is 0 Å². The van der Waals surface area contributed by atoms with Gasteiger partial charge in [-0.3, -0.25) is 4.98 Å². The van der Waals surface area contributed by atoms with E-state index in [1.807, 2.05) is 19.3 Å². The topological polar surface area (TPSA) is 24.9 Å². The molecule has 1 aromatic heterocycles. The maximum Gasteiger partial charge on any atom is 0.0705 e. The number of aryl methyl sites for hydroxylation is 1. The van der Waals surface area contributed by atoms with E-state index < -0.39 is 0 Å². The molecule has 0 fully saturated rings. The Morgan fingerprint density at radius 3 is 2.76 bits per heavy atom. The van der Waals surface area contributed by atoms with Gasteiger partial charge in [0.2, 0.25) is 0 Å². The van der Waals surface area contributed by atoms with Crippen LogP contribution in [0.5, 0.6) is 0 Å². The van der Waals surface area contributed by atoms with E-state index in [-0.39, 0.29) is 6.04 Å². The summed E-state index contributed by atoms with van der Waals surface area (Å²) in [6.07, 6.45) is 1.84. The predicted molar refractivity (Wildman–Crippen MR) is 91.5 cm³/mol. The first kappa shape index (κ1) is 14.2. The van der Waals surface area contributed by atoms with Crippen LogP contribution in [0.25, 0.3) is 10.9 Å². The molecule has 2 nitrogen and oxygen atoms in total. The van der Waals surface area contributed by atoms with E-state index in [2.05, 4.69) is 75.6 Å². The third-order valence-electron chi connectivity index (χ3n) is 3.71. The third kappa shape index (κ3) is 2.85. The first-order valence-corrected chi connectivity index (χ1v) is 7.76. The summed E-state index contributed by atoms with van der Waals surface area (Å²) in [6.45, 7) is 2.12. The summed E-state index contributed by atoms with van der Waals surface area (Å²) < 4.78 is 1.12. The van der Waals surface area contributed by atoms with Crippen molar-refractivity contribution < 1.29 is 0 Å². The van der Waals surface area contributed by atoms with Crippen molar-refractivity contribution in [1.29, 1.82) is 0 Å². The van der Waals surface area contributed by atoms with Gasteiger partial charge < -0.3 is 5.32 Å². The largest absolute Gasteiger partial charge is 0.309 e. The molecule has 2 aromatic carbocycles. The zero-order chi connectivity index (χ0) is 14.8. The maximum atomic E-state index is 4.45. The maximum absolute atomic E-state index is 4.45. The van der Waals surface area contributed by atoms with E-state index in [0.717, 1.165) is 9.99 Å². The van der Waals surface area contributed by atoms with E-state index >= 15 is 0 Å². The van der Waals surface area contributed by atoms with Gasteiger partial charge in [-0.25, -0.2) is 0 Å². The molecule has 1 atom stereocenters. The lowest BCUT2D eigenvalue weighted by Gasteiger charge is -2.19. The SMILES string of the molecule is CNC(c1ccc2cccnc2c1)c1cc(C)ccc1Br. The Bertz CT molecular complexity index is 783. The molecule has 0 radical (unpaired) electrons. The van der Waals surface area contributed by atoms with Crippen LogP contribution >= 0.6 is 15.9 Å². The molecule has 0 saturated heterocycles. The fraction of sp³-hybridized carbons (Fsp3) is 0.167. The van der Waals surface area contributed by atoms with Crippen LogP contribution in [0.4, 0.5) is 0 Å². The number of nitrogens with zero attached hydrogens (tertiary/aromatic N) is 1. The van der Waals surface area contributed by atoms with Crippen LogP contribution in [-0.2, 0) is 0 Å². The van der Waals surface area contributed by atoms with Crippen LogP contribution in [0.15, 0.2) is 59.2 Å². The molecule has 0 bridgehead atoms. The van der Waals surface area contributed by atoms with Gasteiger partial charge in [0.1, 0.15) is 0 Å². The second kappa shape index (κ2) is 5.96. The number of hydrogen-bond acceptors (Lipinski definition) is 2. The minimum atomic E-state index is 0.144. The summed E-state index contributed by atoms with van der Waals surface area (Å²) >= 11 is 3.66. The van der Waals surface area contributed by atoms with Gasteiger partial charge in [0, 0.05) is 16.1 Å². The molecule has 1 N–H and O–H groups in total. The second-order valence-corrected chi connectivity index (χ2v) is 6.06. The molecular weight excluding hydrogens is 324 g/mol. The van der Waals surface area contributed by atoms with Crippen molar-refractivity contribution in [3.05, 3.63) is 75.9 Å². The van der Waals surface area contributed by atoms with Gasteiger partial charge in [-0.15, -0.1) is 0 Å². The van der Waals surface area contributed by atoms with Crippen LogP contribution in [0, 0.1) is 6.92 Å².